The number of hydrogen-bond donors (Lipinski definition) is 1. The summed E-state index contributed by atoms with van der Waals surface area (Å²) >= 11 is 1.41. The molecule has 0 radical (unpaired) electrons. The predicted molar refractivity (Wildman–Crippen MR) is 58.8 cm³/mol. The Morgan fingerprint density at radius 2 is 2.29 bits per heavy atom. The standard InChI is InChI=1S/C9H17N3OS/c1-7(2)6-10-9-11-8(12-14-9)4-5-13-3/h7H,4-6H2,1-3H3,(H,10,11,12). The van der Waals surface area contributed by atoms with E-state index in [9.17, 15) is 0 Å². The second-order valence-electron chi connectivity index (χ2n) is 3.53. The van der Waals surface area contributed by atoms with Crippen LogP contribution in [0.15, 0.2) is 0 Å². The Balaban J connectivity index is 2.35. The number of anilines is 1. The molecule has 0 aliphatic heterocycles. The third-order valence-electron chi connectivity index (χ3n) is 1.66. The lowest BCUT2D eigenvalue weighted by atomic mass is 10.2. The fourth-order valence-corrected chi connectivity index (χ4v) is 1.53. The first-order valence-electron chi connectivity index (χ1n) is 4.77. The molecule has 1 heterocycles. The summed E-state index contributed by atoms with van der Waals surface area (Å²) in [6, 6.07) is 0. The zero-order chi connectivity index (χ0) is 10.4. The molecule has 5 heteroatoms. The van der Waals surface area contributed by atoms with Crippen molar-refractivity contribution in [1.82, 2.24) is 9.36 Å². The smallest absolute Gasteiger partial charge is 0.202 e. The maximum absolute atomic E-state index is 4.96. The minimum absolute atomic E-state index is 0.626. The number of nitrogens with zero attached hydrogens (tertiary/aromatic N) is 2. The maximum atomic E-state index is 4.96. The monoisotopic (exact) mass is 215 g/mol. The van der Waals surface area contributed by atoms with Gasteiger partial charge in [-0.15, -0.1) is 0 Å². The van der Waals surface area contributed by atoms with E-state index in [-0.39, 0.29) is 0 Å². The fraction of sp³-hybridized carbons (Fsp3) is 0.778. The molecule has 1 N–H and O–H groups in total. The van der Waals surface area contributed by atoms with E-state index < -0.39 is 0 Å². The van der Waals surface area contributed by atoms with Gasteiger partial charge in [-0.1, -0.05) is 13.8 Å². The van der Waals surface area contributed by atoms with Gasteiger partial charge in [0.05, 0.1) is 6.61 Å². The second kappa shape index (κ2) is 5.93. The summed E-state index contributed by atoms with van der Waals surface area (Å²) in [4.78, 5) is 4.34. The molecule has 4 nitrogen and oxygen atoms in total. The Hall–Kier alpha value is -0.680. The molecule has 0 spiro atoms. The lowest BCUT2D eigenvalue weighted by molar-refractivity contribution is 0.201. The molecule has 80 valence electrons. The molecule has 0 amide bonds. The van der Waals surface area contributed by atoms with Gasteiger partial charge in [-0.3, -0.25) is 0 Å². The molecule has 0 fully saturated rings. The quantitative estimate of drug-likeness (QED) is 0.786. The predicted octanol–water partition coefficient (Wildman–Crippen LogP) is 1.79. The van der Waals surface area contributed by atoms with Crippen LogP contribution in [0.2, 0.25) is 0 Å². The zero-order valence-corrected chi connectivity index (χ0v) is 9.73. The van der Waals surface area contributed by atoms with Crippen molar-refractivity contribution in [2.24, 2.45) is 5.92 Å². The van der Waals surface area contributed by atoms with E-state index in [0.29, 0.717) is 12.5 Å². The van der Waals surface area contributed by atoms with Crippen LogP contribution in [0.25, 0.3) is 0 Å². The van der Waals surface area contributed by atoms with Gasteiger partial charge in [0, 0.05) is 31.6 Å². The zero-order valence-electron chi connectivity index (χ0n) is 8.91. The molecule has 1 aromatic rings. The average Bonchev–Trinajstić information content (AvgIpc) is 2.59. The van der Waals surface area contributed by atoms with E-state index in [0.717, 1.165) is 23.9 Å². The largest absolute Gasteiger partial charge is 0.384 e. The molecule has 14 heavy (non-hydrogen) atoms. The molecule has 0 aromatic carbocycles. The maximum Gasteiger partial charge on any atom is 0.202 e. The molecule has 0 atom stereocenters. The van der Waals surface area contributed by atoms with Crippen LogP contribution >= 0.6 is 11.5 Å². The normalized spacial score (nSPS) is 10.9. The molecule has 0 aliphatic rings. The lowest BCUT2D eigenvalue weighted by Gasteiger charge is -2.03. The van der Waals surface area contributed by atoms with E-state index >= 15 is 0 Å². The minimum atomic E-state index is 0.626. The Bertz CT molecular complexity index is 262. The Morgan fingerprint density at radius 1 is 1.50 bits per heavy atom. The number of nitrogens with one attached hydrogen (secondary N) is 1. The van der Waals surface area contributed by atoms with Crippen molar-refractivity contribution < 1.29 is 4.74 Å². The lowest BCUT2D eigenvalue weighted by Crippen LogP contribution is -2.07. The number of ether oxygens (including phenoxy) is 1. The molecule has 0 saturated carbocycles. The van der Waals surface area contributed by atoms with Gasteiger partial charge in [-0.05, 0) is 5.92 Å². The van der Waals surface area contributed by atoms with E-state index in [1.807, 2.05) is 0 Å². The third-order valence-corrected chi connectivity index (χ3v) is 2.37. The van der Waals surface area contributed by atoms with Crippen LogP contribution in [0.5, 0.6) is 0 Å². The van der Waals surface area contributed by atoms with Gasteiger partial charge in [0.1, 0.15) is 5.82 Å². The SMILES string of the molecule is COCCc1nsc(NCC(C)C)n1. The van der Waals surface area contributed by atoms with Crippen molar-refractivity contribution in [3.05, 3.63) is 5.82 Å². The van der Waals surface area contributed by atoms with Gasteiger partial charge in [-0.25, -0.2) is 4.98 Å². The molecular formula is C9H17N3OS. The van der Waals surface area contributed by atoms with Gasteiger partial charge in [0.2, 0.25) is 5.13 Å². The first kappa shape index (κ1) is 11.4. The topological polar surface area (TPSA) is 47.0 Å². The molecule has 0 saturated heterocycles. The molecule has 1 rings (SSSR count). The summed E-state index contributed by atoms with van der Waals surface area (Å²) in [5.41, 5.74) is 0. The Labute approximate surface area is 88.9 Å². The first-order valence-corrected chi connectivity index (χ1v) is 5.55. The molecule has 0 aliphatic carbocycles. The summed E-state index contributed by atoms with van der Waals surface area (Å²) in [6.45, 7) is 5.96. The van der Waals surface area contributed by atoms with Crippen LogP contribution in [0, 0.1) is 5.92 Å². The van der Waals surface area contributed by atoms with Crippen LogP contribution in [-0.4, -0.2) is 29.6 Å². The van der Waals surface area contributed by atoms with Crippen molar-refractivity contribution in [1.29, 1.82) is 0 Å². The van der Waals surface area contributed by atoms with Crippen LogP contribution in [-0.2, 0) is 11.2 Å². The summed E-state index contributed by atoms with van der Waals surface area (Å²) < 4.78 is 9.18. The number of rotatable bonds is 6. The van der Waals surface area contributed by atoms with Crippen LogP contribution in [0.1, 0.15) is 19.7 Å². The van der Waals surface area contributed by atoms with E-state index in [1.165, 1.54) is 11.5 Å². The summed E-state index contributed by atoms with van der Waals surface area (Å²) in [5, 5.41) is 4.15. The Morgan fingerprint density at radius 3 is 2.93 bits per heavy atom. The highest BCUT2D eigenvalue weighted by atomic mass is 32.1. The highest BCUT2D eigenvalue weighted by Gasteiger charge is 2.03. The highest BCUT2D eigenvalue weighted by molar-refractivity contribution is 7.09. The van der Waals surface area contributed by atoms with Gasteiger partial charge in [-0.2, -0.15) is 4.37 Å². The number of aromatic nitrogens is 2. The van der Waals surface area contributed by atoms with Gasteiger partial charge < -0.3 is 10.1 Å². The third kappa shape index (κ3) is 4.02. The van der Waals surface area contributed by atoms with Crippen LogP contribution in [0.3, 0.4) is 0 Å². The Kier molecular flexibility index (Phi) is 4.82. The molecular weight excluding hydrogens is 198 g/mol. The van der Waals surface area contributed by atoms with E-state index in [1.54, 1.807) is 7.11 Å². The van der Waals surface area contributed by atoms with Gasteiger partial charge in [0.25, 0.3) is 0 Å². The average molecular weight is 215 g/mol. The summed E-state index contributed by atoms with van der Waals surface area (Å²) in [6.07, 6.45) is 0.788. The molecule has 1 aromatic heterocycles. The highest BCUT2D eigenvalue weighted by Crippen LogP contribution is 2.11. The van der Waals surface area contributed by atoms with Crippen molar-refractivity contribution in [3.63, 3.8) is 0 Å². The second-order valence-corrected chi connectivity index (χ2v) is 4.29. The van der Waals surface area contributed by atoms with Crippen molar-refractivity contribution in [2.75, 3.05) is 25.6 Å². The van der Waals surface area contributed by atoms with E-state index in [2.05, 4.69) is 28.5 Å². The van der Waals surface area contributed by atoms with E-state index in [4.69, 9.17) is 4.74 Å². The fourth-order valence-electron chi connectivity index (χ4n) is 0.912. The van der Waals surface area contributed by atoms with Crippen molar-refractivity contribution in [2.45, 2.75) is 20.3 Å². The molecule has 0 unspecified atom stereocenters. The summed E-state index contributed by atoms with van der Waals surface area (Å²) in [7, 11) is 1.68. The summed E-state index contributed by atoms with van der Waals surface area (Å²) in [5.74, 6) is 1.49. The van der Waals surface area contributed by atoms with Crippen molar-refractivity contribution in [3.8, 4) is 0 Å². The van der Waals surface area contributed by atoms with Crippen molar-refractivity contribution >= 4 is 16.7 Å². The van der Waals surface area contributed by atoms with Crippen LogP contribution < -0.4 is 5.32 Å². The van der Waals surface area contributed by atoms with Gasteiger partial charge >= 0.3 is 0 Å². The number of methoxy groups -OCH3 is 1. The number of hydrogen-bond acceptors (Lipinski definition) is 5. The molecule has 0 bridgehead atoms. The van der Waals surface area contributed by atoms with Crippen LogP contribution in [0.4, 0.5) is 5.13 Å². The first-order chi connectivity index (χ1) is 6.72. The minimum Gasteiger partial charge on any atom is -0.384 e. The van der Waals surface area contributed by atoms with Gasteiger partial charge in [0.15, 0.2) is 0 Å².